The molecule has 0 saturated heterocycles. The molecule has 0 aromatic heterocycles. The molecule has 1 aromatic carbocycles. The molecular weight excluding hydrogens is 245 g/mol. The monoisotopic (exact) mass is 253 g/mol. The van der Waals surface area contributed by atoms with Crippen molar-refractivity contribution in [2.45, 2.75) is 12.8 Å². The number of benzene rings is 1. The van der Waals surface area contributed by atoms with E-state index < -0.39 is 7.12 Å². The fraction of sp³-hybridized carbons (Fsp3) is 0.222. The Balaban J connectivity index is 2.91. The van der Waals surface area contributed by atoms with E-state index in [9.17, 15) is 0 Å². The third-order valence-electron chi connectivity index (χ3n) is 1.87. The zero-order valence-electron chi connectivity index (χ0n) is 7.44. The first-order chi connectivity index (χ1) is 6.65. The standard InChI is InChI=1S/C9H9BBrNO2/c11-9-4-3-8(10(13)14)6-7(9)2-1-5-12/h3-4,6,13-14H,1-2H2. The predicted octanol–water partition coefficient (Wildman–Crippen LogP) is 0.585. The highest BCUT2D eigenvalue weighted by atomic mass is 79.9. The summed E-state index contributed by atoms with van der Waals surface area (Å²) in [6.45, 7) is 0. The third-order valence-corrected chi connectivity index (χ3v) is 2.65. The zero-order valence-corrected chi connectivity index (χ0v) is 9.03. The summed E-state index contributed by atoms with van der Waals surface area (Å²) in [5.41, 5.74) is 1.36. The molecule has 14 heavy (non-hydrogen) atoms. The molecule has 0 radical (unpaired) electrons. The maximum absolute atomic E-state index is 8.94. The van der Waals surface area contributed by atoms with E-state index in [2.05, 4.69) is 15.9 Å². The Morgan fingerprint density at radius 1 is 1.43 bits per heavy atom. The van der Waals surface area contributed by atoms with Gasteiger partial charge in [0.05, 0.1) is 6.07 Å². The largest absolute Gasteiger partial charge is 0.488 e. The van der Waals surface area contributed by atoms with Crippen molar-refractivity contribution in [3.63, 3.8) is 0 Å². The highest BCUT2D eigenvalue weighted by Gasteiger charge is 2.12. The molecule has 0 saturated carbocycles. The van der Waals surface area contributed by atoms with Crippen LogP contribution in [-0.2, 0) is 6.42 Å². The van der Waals surface area contributed by atoms with Crippen LogP contribution < -0.4 is 5.46 Å². The summed E-state index contributed by atoms with van der Waals surface area (Å²) in [4.78, 5) is 0. The van der Waals surface area contributed by atoms with Crippen LogP contribution in [0.4, 0.5) is 0 Å². The first kappa shape index (κ1) is 11.3. The predicted molar refractivity (Wildman–Crippen MR) is 57.9 cm³/mol. The molecule has 3 nitrogen and oxygen atoms in total. The molecule has 0 aliphatic heterocycles. The van der Waals surface area contributed by atoms with Gasteiger partial charge in [-0.05, 0) is 23.5 Å². The van der Waals surface area contributed by atoms with Gasteiger partial charge in [0.1, 0.15) is 0 Å². The van der Waals surface area contributed by atoms with Gasteiger partial charge in [-0.15, -0.1) is 0 Å². The van der Waals surface area contributed by atoms with E-state index in [1.807, 2.05) is 6.07 Å². The zero-order chi connectivity index (χ0) is 10.6. The van der Waals surface area contributed by atoms with Crippen molar-refractivity contribution in [3.05, 3.63) is 28.2 Å². The summed E-state index contributed by atoms with van der Waals surface area (Å²) in [6.07, 6.45) is 1.03. The fourth-order valence-electron chi connectivity index (χ4n) is 1.14. The van der Waals surface area contributed by atoms with Crippen LogP contribution in [0, 0.1) is 11.3 Å². The van der Waals surface area contributed by atoms with Crippen molar-refractivity contribution in [3.8, 4) is 6.07 Å². The van der Waals surface area contributed by atoms with E-state index in [4.69, 9.17) is 15.3 Å². The molecule has 0 amide bonds. The number of nitrogens with zero attached hydrogens (tertiary/aromatic N) is 1. The van der Waals surface area contributed by atoms with Crippen LogP contribution in [0.3, 0.4) is 0 Å². The first-order valence-corrected chi connectivity index (χ1v) is 4.96. The van der Waals surface area contributed by atoms with Gasteiger partial charge in [-0.25, -0.2) is 0 Å². The highest BCUT2D eigenvalue weighted by molar-refractivity contribution is 9.10. The molecule has 5 heteroatoms. The molecule has 0 unspecified atom stereocenters. The summed E-state index contributed by atoms with van der Waals surface area (Å²) < 4.78 is 0.886. The van der Waals surface area contributed by atoms with Crippen LogP contribution in [-0.4, -0.2) is 17.2 Å². The van der Waals surface area contributed by atoms with Gasteiger partial charge >= 0.3 is 7.12 Å². The lowest BCUT2D eigenvalue weighted by atomic mass is 9.79. The SMILES string of the molecule is N#CCCc1cc(B(O)O)ccc1Br. The second kappa shape index (κ2) is 5.15. The van der Waals surface area contributed by atoms with Gasteiger partial charge in [-0.3, -0.25) is 0 Å². The Kier molecular flexibility index (Phi) is 4.14. The van der Waals surface area contributed by atoms with Gasteiger partial charge in [0.2, 0.25) is 0 Å². The van der Waals surface area contributed by atoms with Gasteiger partial charge in [0.15, 0.2) is 0 Å². The molecular formula is C9H9BBrNO2. The van der Waals surface area contributed by atoms with E-state index in [1.165, 1.54) is 0 Å². The van der Waals surface area contributed by atoms with Crippen molar-refractivity contribution in [1.82, 2.24) is 0 Å². The molecule has 0 bridgehead atoms. The van der Waals surface area contributed by atoms with Crippen molar-refractivity contribution in [2.75, 3.05) is 0 Å². The van der Waals surface area contributed by atoms with E-state index >= 15 is 0 Å². The van der Waals surface area contributed by atoms with Crippen LogP contribution in [0.5, 0.6) is 0 Å². The van der Waals surface area contributed by atoms with Crippen molar-refractivity contribution >= 4 is 28.5 Å². The highest BCUT2D eigenvalue weighted by Crippen LogP contribution is 2.16. The van der Waals surface area contributed by atoms with Crippen LogP contribution >= 0.6 is 15.9 Å². The Morgan fingerprint density at radius 3 is 2.71 bits per heavy atom. The lowest BCUT2D eigenvalue weighted by molar-refractivity contribution is 0.425. The van der Waals surface area contributed by atoms with Gasteiger partial charge in [0, 0.05) is 10.9 Å². The van der Waals surface area contributed by atoms with E-state index in [1.54, 1.807) is 18.2 Å². The molecule has 0 heterocycles. The molecule has 72 valence electrons. The summed E-state index contributed by atoms with van der Waals surface area (Å²) >= 11 is 3.34. The van der Waals surface area contributed by atoms with Crippen molar-refractivity contribution in [2.24, 2.45) is 0 Å². The van der Waals surface area contributed by atoms with Crippen LogP contribution in [0.2, 0.25) is 0 Å². The molecule has 0 atom stereocenters. The molecule has 2 N–H and O–H groups in total. The van der Waals surface area contributed by atoms with Crippen LogP contribution in [0.25, 0.3) is 0 Å². The number of aryl methyl sites for hydroxylation is 1. The summed E-state index contributed by atoms with van der Waals surface area (Å²) in [5, 5.41) is 26.3. The molecule has 0 fully saturated rings. The van der Waals surface area contributed by atoms with Crippen molar-refractivity contribution in [1.29, 1.82) is 5.26 Å². The average molecular weight is 254 g/mol. The number of hydrogen-bond acceptors (Lipinski definition) is 3. The average Bonchev–Trinajstić information content (AvgIpc) is 2.16. The van der Waals surface area contributed by atoms with Crippen LogP contribution in [0.1, 0.15) is 12.0 Å². The smallest absolute Gasteiger partial charge is 0.423 e. The first-order valence-electron chi connectivity index (χ1n) is 4.16. The Morgan fingerprint density at radius 2 is 2.14 bits per heavy atom. The minimum absolute atomic E-state index is 0.420. The summed E-state index contributed by atoms with van der Waals surface area (Å²) in [5.74, 6) is 0. The molecule has 1 rings (SSSR count). The van der Waals surface area contributed by atoms with Gasteiger partial charge < -0.3 is 10.0 Å². The van der Waals surface area contributed by atoms with Crippen LogP contribution in [0.15, 0.2) is 22.7 Å². The number of hydrogen-bond donors (Lipinski definition) is 2. The maximum Gasteiger partial charge on any atom is 0.488 e. The lowest BCUT2D eigenvalue weighted by Gasteiger charge is -2.05. The second-order valence-corrected chi connectivity index (χ2v) is 3.74. The van der Waals surface area contributed by atoms with Gasteiger partial charge in [-0.1, -0.05) is 28.1 Å². The molecule has 1 aromatic rings. The Hall–Kier alpha value is -0.825. The molecule has 0 aliphatic rings. The van der Waals surface area contributed by atoms with E-state index in [0.29, 0.717) is 18.3 Å². The van der Waals surface area contributed by atoms with E-state index in [-0.39, 0.29) is 0 Å². The second-order valence-electron chi connectivity index (χ2n) is 2.88. The van der Waals surface area contributed by atoms with Gasteiger partial charge in [0.25, 0.3) is 0 Å². The molecule has 0 spiro atoms. The minimum atomic E-state index is -1.45. The quantitative estimate of drug-likeness (QED) is 0.775. The van der Waals surface area contributed by atoms with E-state index in [0.717, 1.165) is 10.0 Å². The normalized spacial score (nSPS) is 9.57. The lowest BCUT2D eigenvalue weighted by Crippen LogP contribution is -2.30. The molecule has 0 aliphatic carbocycles. The minimum Gasteiger partial charge on any atom is -0.423 e. The summed E-state index contributed by atoms with van der Waals surface area (Å²) in [6, 6.07) is 7.11. The number of rotatable bonds is 3. The summed E-state index contributed by atoms with van der Waals surface area (Å²) in [7, 11) is -1.45. The number of nitriles is 1. The Labute approximate surface area is 91.3 Å². The number of halogens is 1. The fourth-order valence-corrected chi connectivity index (χ4v) is 1.58. The van der Waals surface area contributed by atoms with Gasteiger partial charge in [-0.2, -0.15) is 5.26 Å². The van der Waals surface area contributed by atoms with Crippen molar-refractivity contribution < 1.29 is 10.0 Å². The maximum atomic E-state index is 8.94. The topological polar surface area (TPSA) is 64.2 Å². The third kappa shape index (κ3) is 2.84. The Bertz CT molecular complexity index is 362.